The summed E-state index contributed by atoms with van der Waals surface area (Å²) in [4.78, 5) is 16.6. The molecule has 5 rings (SSSR count). The Kier molecular flexibility index (Phi) is 14.4. The van der Waals surface area contributed by atoms with Crippen LogP contribution in [0, 0.1) is 59.3 Å². The van der Waals surface area contributed by atoms with Crippen molar-refractivity contribution in [1.29, 1.82) is 0 Å². The fourth-order valence-electron chi connectivity index (χ4n) is 9.90. The lowest BCUT2D eigenvalue weighted by Gasteiger charge is -2.43. The molecule has 0 amide bonds. The van der Waals surface area contributed by atoms with Crippen molar-refractivity contribution in [2.24, 2.45) is 17.8 Å². The highest BCUT2D eigenvalue weighted by Gasteiger charge is 2.42. The van der Waals surface area contributed by atoms with Crippen molar-refractivity contribution in [3.63, 3.8) is 0 Å². The van der Waals surface area contributed by atoms with Crippen LogP contribution in [0.3, 0.4) is 0 Å². The normalized spacial score (nSPS) is 19.7. The highest BCUT2D eigenvalue weighted by Crippen LogP contribution is 2.44. The van der Waals surface area contributed by atoms with Crippen LogP contribution in [0.25, 0.3) is 0 Å². The molecule has 4 heteroatoms. The second kappa shape index (κ2) is 18.8. The van der Waals surface area contributed by atoms with E-state index in [1.807, 2.05) is 0 Å². The van der Waals surface area contributed by atoms with Gasteiger partial charge in [-0.2, -0.15) is 4.58 Å². The molecule has 2 aromatic carbocycles. The van der Waals surface area contributed by atoms with Crippen molar-refractivity contribution >= 4 is 22.9 Å². The first-order valence-corrected chi connectivity index (χ1v) is 21.6. The van der Waals surface area contributed by atoms with Gasteiger partial charge in [-0.3, -0.25) is 4.79 Å². The van der Waals surface area contributed by atoms with Crippen LogP contribution in [0.5, 0.6) is 0 Å². The molecule has 2 atom stereocenters. The number of nitrogens with zero attached hydrogens (tertiary/aromatic N) is 2. The van der Waals surface area contributed by atoms with Gasteiger partial charge in [-0.15, -0.1) is 0 Å². The summed E-state index contributed by atoms with van der Waals surface area (Å²) < 4.78 is 2.50. The van der Waals surface area contributed by atoms with E-state index in [0.717, 1.165) is 56.5 Å². The number of aliphatic hydroxyl groups excluding tert-OH is 1. The molecule has 2 aromatic rings. The minimum absolute atomic E-state index is 0.0454. The highest BCUT2D eigenvalue weighted by molar-refractivity contribution is 6.20. The highest BCUT2D eigenvalue weighted by atomic mass is 16.3. The minimum atomic E-state index is 0.0454. The van der Waals surface area contributed by atoms with Crippen molar-refractivity contribution in [3.8, 4) is 0 Å². The second-order valence-electron chi connectivity index (χ2n) is 17.1. The summed E-state index contributed by atoms with van der Waals surface area (Å²) in [7, 11) is 0. The topological polar surface area (TPSA) is 43.5 Å². The van der Waals surface area contributed by atoms with E-state index in [0.29, 0.717) is 29.0 Å². The summed E-state index contributed by atoms with van der Waals surface area (Å²) in [5.74, 6) is 1.68. The molecule has 3 aliphatic carbocycles. The zero-order valence-corrected chi connectivity index (χ0v) is 35.6. The number of hydrogen-bond donors (Lipinski definition) is 1. The van der Waals surface area contributed by atoms with Crippen molar-refractivity contribution in [2.75, 3.05) is 18.0 Å². The van der Waals surface area contributed by atoms with Gasteiger partial charge in [0, 0.05) is 53.0 Å². The minimum Gasteiger partial charge on any atom is -0.507 e. The van der Waals surface area contributed by atoms with Crippen molar-refractivity contribution in [3.05, 3.63) is 104 Å². The molecule has 1 saturated carbocycles. The molecular weight excluding hydrogens is 661 g/mol. The fraction of sp³-hybridized carbons (Fsp3) is 0.560. The van der Waals surface area contributed by atoms with Gasteiger partial charge in [-0.1, -0.05) is 83.1 Å². The molecule has 54 heavy (non-hydrogen) atoms. The molecule has 0 bridgehead atoms. The van der Waals surface area contributed by atoms with E-state index in [4.69, 9.17) is 0 Å². The van der Waals surface area contributed by atoms with E-state index >= 15 is 0 Å². The summed E-state index contributed by atoms with van der Waals surface area (Å²) >= 11 is 0. The maximum Gasteiger partial charge on any atom is 0.211 e. The molecular formula is C50H71N2O2+. The van der Waals surface area contributed by atoms with E-state index in [1.54, 1.807) is 0 Å². The molecule has 0 heterocycles. The molecule has 2 unspecified atom stereocenters. The maximum atomic E-state index is 13.9. The number of aryl methyl sites for hydroxylation is 6. The number of rotatable bonds is 16. The van der Waals surface area contributed by atoms with Crippen LogP contribution in [0.4, 0.5) is 11.4 Å². The summed E-state index contributed by atoms with van der Waals surface area (Å²) in [5, 5.41) is 11.5. The molecule has 3 aliphatic rings. The van der Waals surface area contributed by atoms with Crippen molar-refractivity contribution in [2.45, 2.75) is 152 Å². The zero-order chi connectivity index (χ0) is 39.1. The molecule has 1 N–H and O–H groups in total. The Bertz CT molecular complexity index is 1760. The Morgan fingerprint density at radius 2 is 1.24 bits per heavy atom. The third-order valence-electron chi connectivity index (χ3n) is 12.8. The molecule has 1 fully saturated rings. The van der Waals surface area contributed by atoms with Crippen LogP contribution >= 0.6 is 0 Å². The Labute approximate surface area is 328 Å². The van der Waals surface area contributed by atoms with Crippen molar-refractivity contribution in [1.82, 2.24) is 0 Å². The predicted molar refractivity (Wildman–Crippen MR) is 231 cm³/mol. The standard InChI is InChI=1S/C50H70N2O2/c1-11-15-17-39(13-3)31-51(47-35(7)27-33(5)28-36(47)8)43-23-19-41(20-24-43)45-49(53)46(50(45)54)42-21-25-44(26-22-42)52(32-40(14-4)18-16-12-2)48-37(9)29-34(6)30-38(48)10/h19-20,23-24,27-30,39-40,42,44H,11-18,21-22,25-26,31-32H2,1-10H3/p+1. The Morgan fingerprint density at radius 1 is 0.722 bits per heavy atom. The summed E-state index contributed by atoms with van der Waals surface area (Å²) in [5.41, 5.74) is 13.8. The van der Waals surface area contributed by atoms with Crippen LogP contribution in [-0.4, -0.2) is 40.3 Å². The van der Waals surface area contributed by atoms with Gasteiger partial charge < -0.3 is 10.0 Å². The summed E-state index contributed by atoms with van der Waals surface area (Å²) in [6.45, 7) is 24.7. The molecule has 0 saturated heterocycles. The van der Waals surface area contributed by atoms with E-state index in [-0.39, 0.29) is 17.5 Å². The molecule has 0 radical (unpaired) electrons. The van der Waals surface area contributed by atoms with E-state index in [1.165, 1.54) is 89.7 Å². The first kappa shape index (κ1) is 41.5. The Morgan fingerprint density at radius 3 is 1.74 bits per heavy atom. The number of Topliss-reactive ketones (excluding diaryl/α,β-unsaturated/α-hetero) is 1. The number of carbonyl (C=O) groups excluding carboxylic acids is 1. The number of hydrogen-bond acceptors (Lipinski definition) is 3. The number of anilines is 1. The van der Waals surface area contributed by atoms with E-state index in [9.17, 15) is 9.90 Å². The first-order chi connectivity index (χ1) is 25.9. The SMILES string of the molecule is CCCCC(CC)CN(c1c(C)cc(C)cc1C)C1CCC(C2=C(O)C(=C3C=CC(=[N+](CC(CC)CCCC)c4c(C)cc(C)cc4C)C=C3)C2=O)CC1. The lowest BCUT2D eigenvalue weighted by molar-refractivity contribution is -0.449. The molecule has 0 aromatic heterocycles. The lowest BCUT2D eigenvalue weighted by atomic mass is 9.71. The van der Waals surface area contributed by atoms with Gasteiger partial charge >= 0.3 is 0 Å². The maximum absolute atomic E-state index is 13.9. The summed E-state index contributed by atoms with van der Waals surface area (Å²) in [6.07, 6.45) is 22.2. The number of allylic oxidation sites excluding steroid dienone is 7. The quantitative estimate of drug-likeness (QED) is 0.138. The number of unbranched alkanes of at least 4 members (excludes halogenated alkanes) is 2. The Balaban J connectivity index is 1.38. The van der Waals surface area contributed by atoms with Crippen LogP contribution in [-0.2, 0) is 4.79 Å². The third-order valence-corrected chi connectivity index (χ3v) is 12.8. The van der Waals surface area contributed by atoms with Crippen LogP contribution < -0.4 is 4.90 Å². The number of aliphatic hydroxyl groups is 1. The van der Waals surface area contributed by atoms with E-state index < -0.39 is 0 Å². The number of ketones is 1. The number of carbonyl (C=O) groups is 1. The van der Waals surface area contributed by atoms with Gasteiger partial charge in [0.2, 0.25) is 11.4 Å². The Hall–Kier alpha value is -3.66. The van der Waals surface area contributed by atoms with Crippen molar-refractivity contribution < 1.29 is 14.5 Å². The molecule has 0 aliphatic heterocycles. The smallest absolute Gasteiger partial charge is 0.211 e. The van der Waals surface area contributed by atoms with Gasteiger partial charge in [0.1, 0.15) is 5.76 Å². The largest absolute Gasteiger partial charge is 0.507 e. The molecule has 4 nitrogen and oxygen atoms in total. The zero-order valence-electron chi connectivity index (χ0n) is 35.6. The van der Waals surface area contributed by atoms with Crippen LogP contribution in [0.2, 0.25) is 0 Å². The number of benzene rings is 2. The monoisotopic (exact) mass is 732 g/mol. The molecule has 292 valence electrons. The third kappa shape index (κ3) is 9.23. The first-order valence-electron chi connectivity index (χ1n) is 21.6. The van der Waals surface area contributed by atoms with E-state index in [2.05, 4.69) is 127 Å². The second-order valence-corrected chi connectivity index (χ2v) is 17.1. The van der Waals surface area contributed by atoms with Crippen LogP contribution in [0.15, 0.2) is 71.0 Å². The van der Waals surface area contributed by atoms with Gasteiger partial charge in [0.15, 0.2) is 12.3 Å². The average Bonchev–Trinajstić information content (AvgIpc) is 3.13. The van der Waals surface area contributed by atoms with Gasteiger partial charge in [0.25, 0.3) is 0 Å². The van der Waals surface area contributed by atoms with Gasteiger partial charge in [-0.25, -0.2) is 0 Å². The van der Waals surface area contributed by atoms with Gasteiger partial charge in [-0.05, 0) is 139 Å². The fourth-order valence-corrected chi connectivity index (χ4v) is 9.90. The van der Waals surface area contributed by atoms with Gasteiger partial charge in [0.05, 0.1) is 5.57 Å². The molecule has 0 spiro atoms. The van der Waals surface area contributed by atoms with Crippen LogP contribution in [0.1, 0.15) is 138 Å². The average molecular weight is 732 g/mol. The lowest BCUT2D eigenvalue weighted by Crippen LogP contribution is -2.43. The predicted octanol–water partition coefficient (Wildman–Crippen LogP) is 12.9. The summed E-state index contributed by atoms with van der Waals surface area (Å²) in [6, 6.07) is 9.70.